The second-order valence-electron chi connectivity index (χ2n) is 4.35. The summed E-state index contributed by atoms with van der Waals surface area (Å²) in [6.07, 6.45) is 4.87. The predicted octanol–water partition coefficient (Wildman–Crippen LogP) is 2.67. The summed E-state index contributed by atoms with van der Waals surface area (Å²) < 4.78 is 12.2. The monoisotopic (exact) mass is 286 g/mol. The Morgan fingerprint density at radius 1 is 1.43 bits per heavy atom. The van der Waals surface area contributed by atoms with Crippen LogP contribution in [0.5, 0.6) is 5.75 Å². The maximum Gasteiger partial charge on any atom is 0.341 e. The molecule has 5 nitrogen and oxygen atoms in total. The zero-order chi connectivity index (χ0) is 15.1. The highest BCUT2D eigenvalue weighted by atomic mass is 16.5. The van der Waals surface area contributed by atoms with Crippen LogP contribution < -0.4 is 4.74 Å². The number of ether oxygens (including phenoxy) is 2. The number of carbonyl (C=O) groups is 1. The van der Waals surface area contributed by atoms with E-state index in [0.717, 1.165) is 11.3 Å². The van der Waals surface area contributed by atoms with Gasteiger partial charge in [0.25, 0.3) is 0 Å². The van der Waals surface area contributed by atoms with Gasteiger partial charge in [0.2, 0.25) is 0 Å². The van der Waals surface area contributed by atoms with Gasteiger partial charge in [0.05, 0.1) is 24.9 Å². The summed E-state index contributed by atoms with van der Waals surface area (Å²) in [5, 5.41) is 4.18. The van der Waals surface area contributed by atoms with Crippen LogP contribution in [0.3, 0.4) is 0 Å². The molecular formula is C16H18N2O3. The Kier molecular flexibility index (Phi) is 5.15. The van der Waals surface area contributed by atoms with E-state index >= 15 is 0 Å². The highest BCUT2D eigenvalue weighted by Gasteiger charge is 2.10. The molecule has 1 aromatic heterocycles. The van der Waals surface area contributed by atoms with E-state index in [1.54, 1.807) is 23.9 Å². The summed E-state index contributed by atoms with van der Waals surface area (Å²) in [6.45, 7) is 6.73. The van der Waals surface area contributed by atoms with Crippen LogP contribution in [0.1, 0.15) is 22.8 Å². The molecule has 1 aromatic carbocycles. The molecule has 0 saturated carbocycles. The summed E-state index contributed by atoms with van der Waals surface area (Å²) in [5.41, 5.74) is 1.43. The lowest BCUT2D eigenvalue weighted by Crippen LogP contribution is -2.05. The van der Waals surface area contributed by atoms with Crippen molar-refractivity contribution >= 4 is 5.97 Å². The second kappa shape index (κ2) is 7.28. The molecular weight excluding hydrogens is 268 g/mol. The molecule has 0 aliphatic rings. The topological polar surface area (TPSA) is 53.4 Å². The van der Waals surface area contributed by atoms with Crippen LogP contribution in [-0.2, 0) is 11.3 Å². The maximum atomic E-state index is 11.6. The number of para-hydroxylation sites is 1. The van der Waals surface area contributed by atoms with Gasteiger partial charge in [-0.1, -0.05) is 30.9 Å². The minimum atomic E-state index is -0.361. The van der Waals surface area contributed by atoms with Crippen molar-refractivity contribution in [2.75, 3.05) is 13.2 Å². The Morgan fingerprint density at radius 2 is 2.24 bits per heavy atom. The van der Waals surface area contributed by atoms with Crippen molar-refractivity contribution in [1.82, 2.24) is 9.78 Å². The number of benzene rings is 1. The Labute approximate surface area is 123 Å². The molecule has 2 rings (SSSR count). The standard InChI is InChI=1S/C16H18N2O3/c1-3-9-21-15-8-6-5-7-13(15)11-18-12-14(10-17-18)16(19)20-4-2/h3,5-8,10,12H,1,4,9,11H2,2H3. The first-order valence-corrected chi connectivity index (χ1v) is 6.75. The Hall–Kier alpha value is -2.56. The highest BCUT2D eigenvalue weighted by Crippen LogP contribution is 2.19. The predicted molar refractivity (Wildman–Crippen MR) is 79.4 cm³/mol. The fraction of sp³-hybridized carbons (Fsp3) is 0.250. The Balaban J connectivity index is 2.11. The number of carbonyl (C=O) groups excluding carboxylic acids is 1. The number of nitrogens with zero attached hydrogens (tertiary/aromatic N) is 2. The lowest BCUT2D eigenvalue weighted by molar-refractivity contribution is 0.0526. The van der Waals surface area contributed by atoms with E-state index in [2.05, 4.69) is 11.7 Å². The molecule has 21 heavy (non-hydrogen) atoms. The molecule has 0 unspecified atom stereocenters. The van der Waals surface area contributed by atoms with Gasteiger partial charge in [0, 0.05) is 11.8 Å². The second-order valence-corrected chi connectivity index (χ2v) is 4.35. The van der Waals surface area contributed by atoms with E-state index in [9.17, 15) is 4.79 Å². The molecule has 0 radical (unpaired) electrons. The van der Waals surface area contributed by atoms with Crippen molar-refractivity contribution in [3.63, 3.8) is 0 Å². The van der Waals surface area contributed by atoms with E-state index in [0.29, 0.717) is 25.3 Å². The first kappa shape index (κ1) is 14.8. The fourth-order valence-electron chi connectivity index (χ4n) is 1.87. The van der Waals surface area contributed by atoms with Crippen LogP contribution in [-0.4, -0.2) is 29.0 Å². The first-order valence-electron chi connectivity index (χ1n) is 6.75. The summed E-state index contributed by atoms with van der Waals surface area (Å²) in [5.74, 6) is 0.422. The molecule has 1 heterocycles. The minimum Gasteiger partial charge on any atom is -0.489 e. The average molecular weight is 286 g/mol. The van der Waals surface area contributed by atoms with Crippen LogP contribution >= 0.6 is 0 Å². The summed E-state index contributed by atoms with van der Waals surface area (Å²) >= 11 is 0. The van der Waals surface area contributed by atoms with Crippen molar-refractivity contribution in [3.8, 4) is 5.75 Å². The molecule has 0 atom stereocenters. The fourth-order valence-corrected chi connectivity index (χ4v) is 1.87. The van der Waals surface area contributed by atoms with Crippen LogP contribution in [0.25, 0.3) is 0 Å². The van der Waals surface area contributed by atoms with Crippen LogP contribution in [0.4, 0.5) is 0 Å². The lowest BCUT2D eigenvalue weighted by atomic mass is 10.2. The van der Waals surface area contributed by atoms with Crippen LogP contribution in [0.2, 0.25) is 0 Å². The van der Waals surface area contributed by atoms with Crippen molar-refractivity contribution < 1.29 is 14.3 Å². The Bertz CT molecular complexity index is 619. The van der Waals surface area contributed by atoms with Gasteiger partial charge in [-0.3, -0.25) is 4.68 Å². The Morgan fingerprint density at radius 3 is 3.00 bits per heavy atom. The maximum absolute atomic E-state index is 11.6. The van der Waals surface area contributed by atoms with E-state index in [1.165, 1.54) is 6.20 Å². The van der Waals surface area contributed by atoms with Gasteiger partial charge in [-0.05, 0) is 13.0 Å². The van der Waals surface area contributed by atoms with E-state index in [1.807, 2.05) is 24.3 Å². The van der Waals surface area contributed by atoms with Crippen LogP contribution in [0.15, 0.2) is 49.3 Å². The third kappa shape index (κ3) is 3.95. The van der Waals surface area contributed by atoms with Gasteiger partial charge in [0.1, 0.15) is 12.4 Å². The van der Waals surface area contributed by atoms with E-state index in [-0.39, 0.29) is 5.97 Å². The molecule has 0 amide bonds. The number of aromatic nitrogens is 2. The SMILES string of the molecule is C=CCOc1ccccc1Cn1cc(C(=O)OCC)cn1. The van der Waals surface area contributed by atoms with Crippen molar-refractivity contribution in [2.24, 2.45) is 0 Å². The molecule has 0 saturated heterocycles. The van der Waals surface area contributed by atoms with Crippen LogP contribution in [0, 0.1) is 0 Å². The van der Waals surface area contributed by atoms with E-state index in [4.69, 9.17) is 9.47 Å². The molecule has 0 aliphatic carbocycles. The number of esters is 1. The smallest absolute Gasteiger partial charge is 0.341 e. The van der Waals surface area contributed by atoms with Gasteiger partial charge in [-0.2, -0.15) is 5.10 Å². The van der Waals surface area contributed by atoms with Gasteiger partial charge in [-0.25, -0.2) is 4.79 Å². The third-order valence-corrected chi connectivity index (χ3v) is 2.81. The average Bonchev–Trinajstić information content (AvgIpc) is 2.95. The number of hydrogen-bond acceptors (Lipinski definition) is 4. The minimum absolute atomic E-state index is 0.349. The van der Waals surface area contributed by atoms with Gasteiger partial charge < -0.3 is 9.47 Å². The molecule has 0 N–H and O–H groups in total. The third-order valence-electron chi connectivity index (χ3n) is 2.81. The zero-order valence-corrected chi connectivity index (χ0v) is 12.0. The van der Waals surface area contributed by atoms with Crippen molar-refractivity contribution in [2.45, 2.75) is 13.5 Å². The lowest BCUT2D eigenvalue weighted by Gasteiger charge is -2.09. The number of hydrogen-bond donors (Lipinski definition) is 0. The normalized spacial score (nSPS) is 10.1. The molecule has 5 heteroatoms. The molecule has 0 spiro atoms. The summed E-state index contributed by atoms with van der Waals surface area (Å²) in [7, 11) is 0. The number of rotatable bonds is 7. The summed E-state index contributed by atoms with van der Waals surface area (Å²) in [6, 6.07) is 7.71. The quantitative estimate of drug-likeness (QED) is 0.580. The first-order chi connectivity index (χ1) is 10.2. The largest absolute Gasteiger partial charge is 0.489 e. The van der Waals surface area contributed by atoms with Gasteiger partial charge in [-0.15, -0.1) is 0 Å². The molecule has 0 aliphatic heterocycles. The molecule has 110 valence electrons. The van der Waals surface area contributed by atoms with Gasteiger partial charge >= 0.3 is 5.97 Å². The summed E-state index contributed by atoms with van der Waals surface area (Å²) in [4.78, 5) is 11.6. The zero-order valence-electron chi connectivity index (χ0n) is 12.0. The highest BCUT2D eigenvalue weighted by molar-refractivity contribution is 5.88. The molecule has 2 aromatic rings. The van der Waals surface area contributed by atoms with Crippen molar-refractivity contribution in [1.29, 1.82) is 0 Å². The van der Waals surface area contributed by atoms with E-state index < -0.39 is 0 Å². The molecule has 0 fully saturated rings. The van der Waals surface area contributed by atoms with Gasteiger partial charge in [0.15, 0.2) is 0 Å². The molecule has 0 bridgehead atoms. The van der Waals surface area contributed by atoms with Crippen molar-refractivity contribution in [3.05, 3.63) is 60.4 Å².